The summed E-state index contributed by atoms with van der Waals surface area (Å²) in [5.74, 6) is -9.21. The first-order valence-electron chi connectivity index (χ1n) is 6.76. The smallest absolute Gasteiger partial charge is 0.341 e. The minimum atomic E-state index is -2.67. The lowest BCUT2D eigenvalue weighted by atomic mass is 9.63. The van der Waals surface area contributed by atoms with Gasteiger partial charge >= 0.3 is 23.9 Å². The van der Waals surface area contributed by atoms with E-state index >= 15 is 0 Å². The van der Waals surface area contributed by atoms with E-state index in [9.17, 15) is 39.6 Å². The quantitative estimate of drug-likeness (QED) is 0.590. The van der Waals surface area contributed by atoms with Crippen molar-refractivity contribution >= 4 is 23.9 Å². The second-order valence-corrected chi connectivity index (χ2v) is 5.55. The predicted molar refractivity (Wildman–Crippen MR) is 75.1 cm³/mol. The number of aliphatic carboxylic acids is 4. The van der Waals surface area contributed by atoms with Crippen LogP contribution in [0.25, 0.3) is 0 Å². The second-order valence-electron chi connectivity index (χ2n) is 5.55. The van der Waals surface area contributed by atoms with Gasteiger partial charge in [-0.2, -0.15) is 0 Å². The molecule has 4 atom stereocenters. The molecule has 1 fully saturated rings. The first-order chi connectivity index (χ1) is 11.1. The maximum Gasteiger partial charge on any atom is 0.341 e. The number of hydrogen-bond acceptors (Lipinski definition) is 5. The van der Waals surface area contributed by atoms with Gasteiger partial charge in [0.05, 0.1) is 0 Å². The van der Waals surface area contributed by atoms with Crippen molar-refractivity contribution in [3.8, 4) is 0 Å². The molecule has 1 aliphatic heterocycles. The number of ether oxygens (including phenoxy) is 1. The molecule has 0 spiro atoms. The Morgan fingerprint density at radius 2 is 1.46 bits per heavy atom. The fourth-order valence-electron chi connectivity index (χ4n) is 3.19. The summed E-state index contributed by atoms with van der Waals surface area (Å²) in [5.41, 5.74) is -5.39. The van der Waals surface area contributed by atoms with Crippen molar-refractivity contribution in [1.29, 1.82) is 0 Å². The molecule has 0 amide bonds. The van der Waals surface area contributed by atoms with Crippen LogP contribution < -0.4 is 0 Å². The van der Waals surface area contributed by atoms with Gasteiger partial charge < -0.3 is 25.2 Å². The summed E-state index contributed by atoms with van der Waals surface area (Å²) in [5, 5.41) is 38.0. The third-order valence-corrected chi connectivity index (χ3v) is 4.40. The highest BCUT2D eigenvalue weighted by Gasteiger charge is 2.75. The molecule has 0 aliphatic carbocycles. The molecule has 1 aliphatic rings. The molecule has 128 valence electrons. The zero-order chi connectivity index (χ0) is 18.3. The maximum absolute atomic E-state index is 12.0. The summed E-state index contributed by atoms with van der Waals surface area (Å²) in [6, 6.07) is 6.86. The highest BCUT2D eigenvalue weighted by molar-refractivity contribution is 5.97. The number of rotatable bonds is 5. The molecular formula is C15H14O9. The van der Waals surface area contributed by atoms with Crippen molar-refractivity contribution in [2.24, 2.45) is 11.3 Å². The molecule has 24 heavy (non-hydrogen) atoms. The van der Waals surface area contributed by atoms with Gasteiger partial charge in [0.1, 0.15) is 11.3 Å². The van der Waals surface area contributed by atoms with Crippen LogP contribution >= 0.6 is 0 Å². The van der Waals surface area contributed by atoms with Crippen molar-refractivity contribution in [3.05, 3.63) is 35.9 Å². The van der Waals surface area contributed by atoms with E-state index in [1.54, 1.807) is 0 Å². The maximum atomic E-state index is 12.0. The summed E-state index contributed by atoms with van der Waals surface area (Å²) in [6.45, 7) is 0.873. The van der Waals surface area contributed by atoms with Crippen LogP contribution in [0.2, 0.25) is 0 Å². The van der Waals surface area contributed by atoms with E-state index < -0.39 is 46.9 Å². The van der Waals surface area contributed by atoms with Gasteiger partial charge in [-0.3, -0.25) is 9.59 Å². The van der Waals surface area contributed by atoms with E-state index in [-0.39, 0.29) is 5.56 Å². The van der Waals surface area contributed by atoms with E-state index in [0.29, 0.717) is 0 Å². The van der Waals surface area contributed by atoms with Gasteiger partial charge in [0.25, 0.3) is 0 Å². The number of carboxylic acid groups (broad SMARTS) is 4. The normalized spacial score (nSPS) is 32.2. The summed E-state index contributed by atoms with van der Waals surface area (Å²) in [7, 11) is 0. The average Bonchev–Trinajstić information content (AvgIpc) is 2.80. The molecule has 1 aromatic rings. The lowest BCUT2D eigenvalue weighted by molar-refractivity contribution is -0.189. The van der Waals surface area contributed by atoms with E-state index in [2.05, 4.69) is 0 Å². The Balaban J connectivity index is 2.87. The molecule has 4 N–H and O–H groups in total. The highest BCUT2D eigenvalue weighted by Crippen LogP contribution is 2.56. The first-order valence-corrected chi connectivity index (χ1v) is 6.76. The van der Waals surface area contributed by atoms with Gasteiger partial charge in [0.2, 0.25) is 5.60 Å². The third-order valence-electron chi connectivity index (χ3n) is 4.40. The summed E-state index contributed by atoms with van der Waals surface area (Å²) >= 11 is 0. The van der Waals surface area contributed by atoms with Crippen LogP contribution in [-0.2, 0) is 29.5 Å². The van der Waals surface area contributed by atoms with Gasteiger partial charge in [-0.15, -0.1) is 0 Å². The zero-order valence-electron chi connectivity index (χ0n) is 12.4. The van der Waals surface area contributed by atoms with E-state index in [0.717, 1.165) is 6.92 Å². The minimum absolute atomic E-state index is 0.155. The first kappa shape index (κ1) is 17.4. The van der Waals surface area contributed by atoms with Crippen LogP contribution in [0.3, 0.4) is 0 Å². The monoisotopic (exact) mass is 338 g/mol. The molecule has 9 nitrogen and oxygen atoms in total. The predicted octanol–water partition coefficient (Wildman–Crippen LogP) is 0.242. The molecular weight excluding hydrogens is 324 g/mol. The number of benzene rings is 1. The number of carboxylic acids is 4. The second kappa shape index (κ2) is 5.60. The average molecular weight is 338 g/mol. The Bertz CT molecular complexity index is 713. The molecule has 0 aromatic heterocycles. The van der Waals surface area contributed by atoms with Gasteiger partial charge in [-0.25, -0.2) is 9.59 Å². The Labute approximate surface area is 135 Å². The summed E-state index contributed by atoms with van der Waals surface area (Å²) < 4.78 is 5.15. The van der Waals surface area contributed by atoms with E-state index in [1.807, 2.05) is 0 Å². The molecule has 0 bridgehead atoms. The van der Waals surface area contributed by atoms with Crippen molar-refractivity contribution in [2.45, 2.75) is 18.6 Å². The Hall–Kier alpha value is -2.94. The van der Waals surface area contributed by atoms with Crippen molar-refractivity contribution in [3.63, 3.8) is 0 Å². The van der Waals surface area contributed by atoms with Gasteiger partial charge in [0, 0.05) is 0 Å². The third kappa shape index (κ3) is 2.05. The molecule has 2 rings (SSSR count). The largest absolute Gasteiger partial charge is 0.481 e. The van der Waals surface area contributed by atoms with Crippen LogP contribution in [0, 0.1) is 11.3 Å². The molecule has 0 radical (unpaired) electrons. The molecule has 0 saturated carbocycles. The molecule has 9 heteroatoms. The van der Waals surface area contributed by atoms with E-state index in [4.69, 9.17) is 4.74 Å². The van der Waals surface area contributed by atoms with Crippen molar-refractivity contribution in [2.75, 3.05) is 0 Å². The van der Waals surface area contributed by atoms with Crippen molar-refractivity contribution < 1.29 is 44.3 Å². The van der Waals surface area contributed by atoms with Gasteiger partial charge in [0.15, 0.2) is 6.10 Å². The van der Waals surface area contributed by atoms with Gasteiger partial charge in [-0.05, 0) is 12.5 Å². The van der Waals surface area contributed by atoms with E-state index in [1.165, 1.54) is 30.3 Å². The fraction of sp³-hybridized carbons (Fsp3) is 0.333. The molecule has 1 heterocycles. The molecule has 1 saturated heterocycles. The van der Waals surface area contributed by atoms with Crippen LogP contribution in [-0.4, -0.2) is 50.4 Å². The number of hydrogen-bond donors (Lipinski definition) is 4. The molecule has 1 aromatic carbocycles. The fourth-order valence-corrected chi connectivity index (χ4v) is 3.19. The van der Waals surface area contributed by atoms with Crippen LogP contribution in [0.5, 0.6) is 0 Å². The SMILES string of the molecule is CC1(C(=O)O)C(C(=O)O)C(C(=O)O)OC1(C(=O)O)c1ccccc1. The van der Waals surface area contributed by atoms with Gasteiger partial charge in [-0.1, -0.05) is 30.3 Å². The van der Waals surface area contributed by atoms with Crippen molar-refractivity contribution in [1.82, 2.24) is 0 Å². The zero-order valence-corrected chi connectivity index (χ0v) is 12.4. The standard InChI is InChI=1S/C15H14O9/c1-14(12(20)21)8(10(16)17)9(11(18)19)24-15(14,13(22)23)7-5-3-2-4-6-7/h2-6,8-9H,1H3,(H,16,17)(H,18,19)(H,20,21)(H,22,23). The lowest BCUT2D eigenvalue weighted by Gasteiger charge is -2.37. The Morgan fingerprint density at radius 3 is 1.83 bits per heavy atom. The van der Waals surface area contributed by atoms with Crippen LogP contribution in [0.1, 0.15) is 12.5 Å². The Kier molecular flexibility index (Phi) is 4.07. The number of carbonyl (C=O) groups is 4. The summed E-state index contributed by atoms with van der Waals surface area (Å²) in [6.07, 6.45) is -2.14. The summed E-state index contributed by atoms with van der Waals surface area (Å²) in [4.78, 5) is 46.9. The van der Waals surface area contributed by atoms with Crippen LogP contribution in [0.4, 0.5) is 0 Å². The molecule has 4 unspecified atom stereocenters. The Morgan fingerprint density at radius 1 is 0.917 bits per heavy atom. The lowest BCUT2D eigenvalue weighted by Crippen LogP contribution is -2.55. The minimum Gasteiger partial charge on any atom is -0.481 e. The topological polar surface area (TPSA) is 158 Å². The van der Waals surface area contributed by atoms with Crippen LogP contribution in [0.15, 0.2) is 30.3 Å². The highest BCUT2D eigenvalue weighted by atomic mass is 16.6.